The number of fused-ring (bicyclic) bond motifs is 7. The molecule has 0 aliphatic heterocycles. The van der Waals surface area contributed by atoms with E-state index in [9.17, 15) is 0 Å². The maximum absolute atomic E-state index is 3.63. The largest absolute Gasteiger partial charge is 0.353 e. The number of benzene rings is 2. The van der Waals surface area contributed by atoms with Crippen molar-refractivity contribution in [3.05, 3.63) is 59.2 Å². The van der Waals surface area contributed by atoms with Gasteiger partial charge in [-0.25, -0.2) is 0 Å². The Morgan fingerprint density at radius 3 is 2.24 bits per heavy atom. The number of hydrogen-bond acceptors (Lipinski definition) is 0. The molecule has 0 saturated heterocycles. The summed E-state index contributed by atoms with van der Waals surface area (Å²) in [6.07, 6.45) is 2.24. The van der Waals surface area contributed by atoms with Gasteiger partial charge >= 0.3 is 0 Å². The van der Waals surface area contributed by atoms with E-state index < -0.39 is 0 Å². The van der Waals surface area contributed by atoms with Gasteiger partial charge in [0, 0.05) is 21.8 Å². The molecule has 2 N–H and O–H groups in total. The fourth-order valence-corrected chi connectivity index (χ4v) is 3.76. The predicted octanol–water partition coefficient (Wildman–Crippen LogP) is 4.72. The van der Waals surface area contributed by atoms with E-state index in [0.717, 1.165) is 12.8 Å². The first-order valence-electron chi connectivity index (χ1n) is 7.52. The lowest BCUT2D eigenvalue weighted by Gasteiger charge is -2.12. The Bertz CT molecular complexity index is 1000. The summed E-state index contributed by atoms with van der Waals surface area (Å²) >= 11 is 0. The van der Waals surface area contributed by atoms with Crippen molar-refractivity contribution in [2.75, 3.05) is 0 Å². The van der Waals surface area contributed by atoms with Crippen LogP contribution >= 0.6 is 0 Å². The first kappa shape index (κ1) is 11.2. The summed E-state index contributed by atoms with van der Waals surface area (Å²) in [5.41, 5.74) is 9.31. The highest BCUT2D eigenvalue weighted by molar-refractivity contribution is 5.97. The van der Waals surface area contributed by atoms with Crippen LogP contribution in [0.15, 0.2) is 42.5 Å². The predicted molar refractivity (Wildman–Crippen MR) is 87.7 cm³/mol. The van der Waals surface area contributed by atoms with E-state index in [2.05, 4.69) is 59.4 Å². The Morgan fingerprint density at radius 1 is 0.762 bits per heavy atom. The molecule has 2 nitrogen and oxygen atoms in total. The zero-order valence-electron chi connectivity index (χ0n) is 12.0. The van der Waals surface area contributed by atoms with Crippen LogP contribution in [-0.2, 0) is 12.8 Å². The van der Waals surface area contributed by atoms with Crippen molar-refractivity contribution in [2.24, 2.45) is 0 Å². The monoisotopic (exact) mass is 272 g/mol. The number of para-hydroxylation sites is 1. The molecule has 2 heteroatoms. The molecule has 2 aromatic carbocycles. The van der Waals surface area contributed by atoms with Crippen LogP contribution in [0, 0.1) is 6.92 Å². The topological polar surface area (TPSA) is 31.6 Å². The lowest BCUT2D eigenvalue weighted by Crippen LogP contribution is -2.01. The van der Waals surface area contributed by atoms with E-state index >= 15 is 0 Å². The molecule has 0 bridgehead atoms. The molecule has 0 spiro atoms. The number of H-pyrrole nitrogens is 2. The first-order valence-corrected chi connectivity index (χ1v) is 7.52. The van der Waals surface area contributed by atoms with E-state index in [1.807, 2.05) is 0 Å². The second-order valence-electron chi connectivity index (χ2n) is 6.05. The Morgan fingerprint density at radius 2 is 1.43 bits per heavy atom. The van der Waals surface area contributed by atoms with Crippen LogP contribution in [0.25, 0.3) is 33.2 Å². The van der Waals surface area contributed by atoms with E-state index in [1.54, 1.807) is 0 Å². The lowest BCUT2D eigenvalue weighted by molar-refractivity contribution is 0.953. The number of hydrogen-bond donors (Lipinski definition) is 2. The Hall–Kier alpha value is -2.48. The summed E-state index contributed by atoms with van der Waals surface area (Å²) in [6, 6.07) is 15.3. The molecule has 4 aromatic rings. The molecule has 5 rings (SSSR count). The van der Waals surface area contributed by atoms with Crippen molar-refractivity contribution >= 4 is 21.8 Å². The fraction of sp³-hybridized carbons (Fsp3) is 0.158. The molecular formula is C19H16N2. The van der Waals surface area contributed by atoms with Gasteiger partial charge < -0.3 is 9.97 Å². The van der Waals surface area contributed by atoms with Crippen molar-refractivity contribution in [1.29, 1.82) is 0 Å². The summed E-state index contributed by atoms with van der Waals surface area (Å²) in [6.45, 7) is 2.16. The van der Waals surface area contributed by atoms with Gasteiger partial charge in [-0.3, -0.25) is 0 Å². The molecule has 0 amide bonds. The zero-order chi connectivity index (χ0) is 14.0. The van der Waals surface area contributed by atoms with Crippen LogP contribution in [0.1, 0.15) is 16.7 Å². The van der Waals surface area contributed by atoms with Gasteiger partial charge in [-0.05, 0) is 49.1 Å². The smallest absolute Gasteiger partial charge is 0.0666 e. The van der Waals surface area contributed by atoms with Crippen LogP contribution < -0.4 is 0 Å². The van der Waals surface area contributed by atoms with Gasteiger partial charge in [-0.2, -0.15) is 0 Å². The Balaban J connectivity index is 1.88. The molecule has 21 heavy (non-hydrogen) atoms. The zero-order valence-corrected chi connectivity index (χ0v) is 12.0. The molecular weight excluding hydrogens is 256 g/mol. The summed E-state index contributed by atoms with van der Waals surface area (Å²) < 4.78 is 0. The van der Waals surface area contributed by atoms with Gasteiger partial charge in [0.05, 0.1) is 11.4 Å². The van der Waals surface area contributed by atoms with Crippen molar-refractivity contribution in [3.63, 3.8) is 0 Å². The molecule has 0 saturated carbocycles. The molecule has 102 valence electrons. The van der Waals surface area contributed by atoms with Crippen molar-refractivity contribution < 1.29 is 0 Å². The number of aromatic nitrogens is 2. The number of aromatic amines is 2. The van der Waals surface area contributed by atoms with Crippen LogP contribution in [0.2, 0.25) is 0 Å². The molecule has 0 fully saturated rings. The first-order chi connectivity index (χ1) is 10.3. The summed E-state index contributed by atoms with van der Waals surface area (Å²) in [4.78, 5) is 7.25. The van der Waals surface area contributed by atoms with E-state index in [-0.39, 0.29) is 0 Å². The normalized spacial score (nSPS) is 13.6. The molecule has 1 aliphatic rings. The second kappa shape index (κ2) is 3.79. The maximum Gasteiger partial charge on any atom is 0.0666 e. The highest BCUT2D eigenvalue weighted by Gasteiger charge is 2.23. The minimum Gasteiger partial charge on any atom is -0.353 e. The quantitative estimate of drug-likeness (QED) is 0.464. The SMILES string of the molecule is Cc1ccc2[nH]c3c(c2c1)CCc1c-3[nH]c2ccccc12. The van der Waals surface area contributed by atoms with E-state index in [0.29, 0.717) is 0 Å². The molecule has 2 heterocycles. The Labute approximate surface area is 122 Å². The summed E-state index contributed by atoms with van der Waals surface area (Å²) in [5.74, 6) is 0. The van der Waals surface area contributed by atoms with Gasteiger partial charge in [0.2, 0.25) is 0 Å². The number of aryl methyl sites for hydroxylation is 3. The lowest BCUT2D eigenvalue weighted by atomic mass is 9.92. The standard InChI is InChI=1S/C19H16N2/c1-11-6-9-17-15(10-11)14-8-7-13-12-4-2-3-5-16(12)20-18(13)19(14)21-17/h2-6,9-10,20-21H,7-8H2,1H3. The van der Waals surface area contributed by atoms with Crippen molar-refractivity contribution in [1.82, 2.24) is 9.97 Å². The minimum absolute atomic E-state index is 1.12. The van der Waals surface area contributed by atoms with Gasteiger partial charge in [0.15, 0.2) is 0 Å². The third-order valence-electron chi connectivity index (χ3n) is 4.75. The number of nitrogens with one attached hydrogen (secondary N) is 2. The van der Waals surface area contributed by atoms with Crippen LogP contribution in [0.5, 0.6) is 0 Å². The summed E-state index contributed by atoms with van der Waals surface area (Å²) in [5, 5.41) is 2.75. The molecule has 0 atom stereocenters. The van der Waals surface area contributed by atoms with Gasteiger partial charge in [0.1, 0.15) is 0 Å². The van der Waals surface area contributed by atoms with Gasteiger partial charge in [-0.1, -0.05) is 29.8 Å². The minimum atomic E-state index is 1.12. The van der Waals surface area contributed by atoms with Crippen molar-refractivity contribution in [2.45, 2.75) is 19.8 Å². The van der Waals surface area contributed by atoms with Gasteiger partial charge in [0.25, 0.3) is 0 Å². The maximum atomic E-state index is 3.63. The molecule has 1 aliphatic carbocycles. The average molecular weight is 272 g/mol. The number of rotatable bonds is 0. The molecule has 0 unspecified atom stereocenters. The van der Waals surface area contributed by atoms with E-state index in [4.69, 9.17) is 0 Å². The van der Waals surface area contributed by atoms with E-state index in [1.165, 1.54) is 49.9 Å². The molecule has 2 aromatic heterocycles. The fourth-order valence-electron chi connectivity index (χ4n) is 3.76. The summed E-state index contributed by atoms with van der Waals surface area (Å²) in [7, 11) is 0. The molecule has 0 radical (unpaired) electrons. The van der Waals surface area contributed by atoms with Crippen LogP contribution in [-0.4, -0.2) is 9.97 Å². The highest BCUT2D eigenvalue weighted by Crippen LogP contribution is 2.40. The van der Waals surface area contributed by atoms with Crippen LogP contribution in [0.3, 0.4) is 0 Å². The third kappa shape index (κ3) is 1.42. The van der Waals surface area contributed by atoms with Crippen LogP contribution in [0.4, 0.5) is 0 Å². The van der Waals surface area contributed by atoms with Crippen molar-refractivity contribution in [3.8, 4) is 11.4 Å². The second-order valence-corrected chi connectivity index (χ2v) is 6.05. The average Bonchev–Trinajstić information content (AvgIpc) is 3.05. The third-order valence-corrected chi connectivity index (χ3v) is 4.75. The highest BCUT2D eigenvalue weighted by atomic mass is 14.8. The van der Waals surface area contributed by atoms with Gasteiger partial charge in [-0.15, -0.1) is 0 Å². The Kier molecular flexibility index (Phi) is 2.02.